The molecule has 164 valence electrons. The molecular weight excluding hydrogens is 410 g/mol. The number of nitrogens with zero attached hydrogens (tertiary/aromatic N) is 3. The molecule has 0 saturated carbocycles. The molecule has 0 saturated heterocycles. The van der Waals surface area contributed by atoms with Gasteiger partial charge in [-0.15, -0.1) is 0 Å². The topological polar surface area (TPSA) is 54.2 Å². The quantitative estimate of drug-likeness (QED) is 0.331. The Labute approximate surface area is 177 Å². The normalized spacial score (nSPS) is 12.1. The van der Waals surface area contributed by atoms with Crippen molar-refractivity contribution < 1.29 is 17.6 Å². The van der Waals surface area contributed by atoms with Gasteiger partial charge in [0.05, 0.1) is 18.4 Å². The molecule has 3 aromatic rings. The Morgan fingerprint density at radius 1 is 1.10 bits per heavy atom. The minimum atomic E-state index is -4.63. The van der Waals surface area contributed by atoms with Crippen LogP contribution in [0.5, 0.6) is 0 Å². The number of halogens is 4. The standard InChI is InChI=1S/C22H23F4N5/c1-2-28-21(30-13-18-6-7-19(23)11-20(18)22(24,25)26)29-12-16-4-3-5-17(10-16)14-31-9-8-27-15-31/h3-11,15H,2,12-14H2,1H3,(H2,28,29,30). The number of imidazole rings is 1. The average Bonchev–Trinajstić information content (AvgIpc) is 3.23. The van der Waals surface area contributed by atoms with E-state index >= 15 is 0 Å². The van der Waals surface area contributed by atoms with Crippen LogP contribution in [-0.2, 0) is 25.8 Å². The molecule has 0 aliphatic carbocycles. The molecule has 9 heteroatoms. The zero-order chi connectivity index (χ0) is 22.3. The zero-order valence-corrected chi connectivity index (χ0v) is 17.0. The Hall–Kier alpha value is -3.36. The summed E-state index contributed by atoms with van der Waals surface area (Å²) in [5.41, 5.74) is 1.00. The first-order valence-electron chi connectivity index (χ1n) is 9.76. The maximum Gasteiger partial charge on any atom is 0.416 e. The molecule has 0 unspecified atom stereocenters. The molecule has 1 aromatic heterocycles. The van der Waals surface area contributed by atoms with Crippen molar-refractivity contribution in [3.63, 3.8) is 0 Å². The van der Waals surface area contributed by atoms with Gasteiger partial charge in [0.2, 0.25) is 0 Å². The monoisotopic (exact) mass is 433 g/mol. The van der Waals surface area contributed by atoms with E-state index in [2.05, 4.69) is 20.6 Å². The van der Waals surface area contributed by atoms with Crippen molar-refractivity contribution in [1.82, 2.24) is 20.2 Å². The minimum Gasteiger partial charge on any atom is -0.357 e. The minimum absolute atomic E-state index is 0.0539. The molecule has 2 N–H and O–H groups in total. The summed E-state index contributed by atoms with van der Waals surface area (Å²) in [4.78, 5) is 8.49. The van der Waals surface area contributed by atoms with Crippen LogP contribution >= 0.6 is 0 Å². The molecule has 5 nitrogen and oxygen atoms in total. The lowest BCUT2D eigenvalue weighted by Gasteiger charge is -2.16. The van der Waals surface area contributed by atoms with Gasteiger partial charge in [-0.05, 0) is 35.7 Å². The van der Waals surface area contributed by atoms with Crippen LogP contribution in [0.4, 0.5) is 17.6 Å². The highest BCUT2D eigenvalue weighted by Gasteiger charge is 2.33. The SMILES string of the molecule is CCNC(=NCc1cccc(Cn2ccnc2)c1)NCc1ccc(F)cc1C(F)(F)F. The Morgan fingerprint density at radius 3 is 2.61 bits per heavy atom. The highest BCUT2D eigenvalue weighted by Crippen LogP contribution is 2.32. The van der Waals surface area contributed by atoms with Crippen LogP contribution in [0.3, 0.4) is 0 Å². The van der Waals surface area contributed by atoms with E-state index < -0.39 is 17.6 Å². The van der Waals surface area contributed by atoms with Crippen LogP contribution < -0.4 is 10.6 Å². The third-order valence-electron chi connectivity index (χ3n) is 4.50. The summed E-state index contributed by atoms with van der Waals surface area (Å²) < 4.78 is 54.8. The average molecular weight is 433 g/mol. The second kappa shape index (κ2) is 10.1. The summed E-state index contributed by atoms with van der Waals surface area (Å²) in [5, 5.41) is 5.91. The predicted molar refractivity (Wildman–Crippen MR) is 111 cm³/mol. The van der Waals surface area contributed by atoms with Crippen molar-refractivity contribution in [2.24, 2.45) is 4.99 Å². The molecule has 0 spiro atoms. The van der Waals surface area contributed by atoms with Gasteiger partial charge < -0.3 is 15.2 Å². The molecule has 0 aliphatic rings. The van der Waals surface area contributed by atoms with Crippen LogP contribution in [0.25, 0.3) is 0 Å². The number of benzene rings is 2. The van der Waals surface area contributed by atoms with Gasteiger partial charge in [-0.2, -0.15) is 13.2 Å². The smallest absolute Gasteiger partial charge is 0.357 e. The summed E-state index contributed by atoms with van der Waals surface area (Å²) in [6.45, 7) is 3.30. The van der Waals surface area contributed by atoms with Crippen molar-refractivity contribution in [3.8, 4) is 0 Å². The molecule has 0 bridgehead atoms. The van der Waals surface area contributed by atoms with Crippen LogP contribution in [0, 0.1) is 5.82 Å². The van der Waals surface area contributed by atoms with Crippen LogP contribution in [0.2, 0.25) is 0 Å². The zero-order valence-electron chi connectivity index (χ0n) is 17.0. The van der Waals surface area contributed by atoms with Gasteiger partial charge in [0.1, 0.15) is 5.82 Å². The Kier molecular flexibility index (Phi) is 7.28. The fourth-order valence-electron chi connectivity index (χ4n) is 3.08. The van der Waals surface area contributed by atoms with Crippen molar-refractivity contribution in [3.05, 3.63) is 89.3 Å². The van der Waals surface area contributed by atoms with Crippen molar-refractivity contribution in [2.75, 3.05) is 6.54 Å². The fourth-order valence-corrected chi connectivity index (χ4v) is 3.08. The lowest BCUT2D eigenvalue weighted by Crippen LogP contribution is -2.37. The lowest BCUT2D eigenvalue weighted by atomic mass is 10.1. The molecule has 0 aliphatic heterocycles. The first kappa shape index (κ1) is 22.3. The van der Waals surface area contributed by atoms with Gasteiger partial charge in [-0.25, -0.2) is 14.4 Å². The van der Waals surface area contributed by atoms with Gasteiger partial charge in [-0.1, -0.05) is 30.3 Å². The van der Waals surface area contributed by atoms with Crippen LogP contribution in [0.15, 0.2) is 66.2 Å². The Bertz CT molecular complexity index is 1010. The number of aliphatic imine (C=N–C) groups is 1. The molecule has 31 heavy (non-hydrogen) atoms. The van der Waals surface area contributed by atoms with E-state index in [4.69, 9.17) is 0 Å². The van der Waals surface area contributed by atoms with Crippen LogP contribution in [0.1, 0.15) is 29.2 Å². The largest absolute Gasteiger partial charge is 0.416 e. The van der Waals surface area contributed by atoms with Gasteiger partial charge in [-0.3, -0.25) is 0 Å². The Morgan fingerprint density at radius 2 is 1.90 bits per heavy atom. The third-order valence-corrected chi connectivity index (χ3v) is 4.50. The number of rotatable bonds is 7. The molecule has 0 atom stereocenters. The number of nitrogens with one attached hydrogen (secondary N) is 2. The van der Waals surface area contributed by atoms with Gasteiger partial charge in [0.15, 0.2) is 5.96 Å². The van der Waals surface area contributed by atoms with Crippen LogP contribution in [-0.4, -0.2) is 22.1 Å². The fraction of sp³-hybridized carbons (Fsp3) is 0.273. The first-order chi connectivity index (χ1) is 14.8. The number of guanidine groups is 1. The second-order valence-corrected chi connectivity index (χ2v) is 6.90. The van der Waals surface area contributed by atoms with E-state index in [0.29, 0.717) is 31.7 Å². The number of hydrogen-bond acceptors (Lipinski definition) is 2. The molecule has 3 rings (SSSR count). The van der Waals surface area contributed by atoms with Crippen molar-refractivity contribution in [1.29, 1.82) is 0 Å². The predicted octanol–water partition coefficient (Wildman–Crippen LogP) is 4.34. The Balaban J connectivity index is 1.69. The molecule has 1 heterocycles. The summed E-state index contributed by atoms with van der Waals surface area (Å²) in [6, 6.07) is 10.6. The van der Waals surface area contributed by atoms with Crippen molar-refractivity contribution >= 4 is 5.96 Å². The van der Waals surface area contributed by atoms with Gasteiger partial charge >= 0.3 is 6.18 Å². The van der Waals surface area contributed by atoms with Gasteiger partial charge in [0.25, 0.3) is 0 Å². The summed E-state index contributed by atoms with van der Waals surface area (Å²) in [6.07, 6.45) is 0.698. The molecule has 2 aromatic carbocycles. The van der Waals surface area contributed by atoms with Crippen molar-refractivity contribution in [2.45, 2.75) is 32.7 Å². The van der Waals surface area contributed by atoms with E-state index in [-0.39, 0.29) is 12.1 Å². The number of aromatic nitrogens is 2. The third kappa shape index (κ3) is 6.56. The van der Waals surface area contributed by atoms with E-state index in [1.54, 1.807) is 12.5 Å². The van der Waals surface area contributed by atoms with Gasteiger partial charge in [0, 0.05) is 32.0 Å². The van der Waals surface area contributed by atoms with E-state index in [1.165, 1.54) is 0 Å². The highest BCUT2D eigenvalue weighted by atomic mass is 19.4. The first-order valence-corrected chi connectivity index (χ1v) is 9.76. The van der Waals surface area contributed by atoms with E-state index in [1.807, 2.05) is 42.0 Å². The summed E-state index contributed by atoms with van der Waals surface area (Å²) in [7, 11) is 0. The lowest BCUT2D eigenvalue weighted by molar-refractivity contribution is -0.138. The highest BCUT2D eigenvalue weighted by molar-refractivity contribution is 5.79. The molecule has 0 amide bonds. The van der Waals surface area contributed by atoms with E-state index in [0.717, 1.165) is 23.3 Å². The summed E-state index contributed by atoms with van der Waals surface area (Å²) >= 11 is 0. The maximum absolute atomic E-state index is 13.3. The number of hydrogen-bond donors (Lipinski definition) is 2. The number of alkyl halides is 3. The molecular formula is C22H23F4N5. The van der Waals surface area contributed by atoms with E-state index in [9.17, 15) is 17.6 Å². The second-order valence-electron chi connectivity index (χ2n) is 6.90. The molecule has 0 fully saturated rings. The maximum atomic E-state index is 13.3. The molecule has 0 radical (unpaired) electrons. The summed E-state index contributed by atoms with van der Waals surface area (Å²) in [5.74, 6) is -0.549.